The molecule has 5 aromatic carbocycles. The summed E-state index contributed by atoms with van der Waals surface area (Å²) in [6.07, 6.45) is 3.47. The minimum Gasteiger partial charge on any atom is -0.489 e. The van der Waals surface area contributed by atoms with E-state index >= 15 is 0 Å². The Labute approximate surface area is 375 Å². The molecule has 0 aliphatic heterocycles. The number of carbonyl (C=O) groups is 4. The minimum atomic E-state index is -1.06. The van der Waals surface area contributed by atoms with E-state index in [0.717, 1.165) is 38.9 Å². The van der Waals surface area contributed by atoms with Crippen LogP contribution in [0.25, 0.3) is 11.1 Å². The van der Waals surface area contributed by atoms with E-state index in [-0.39, 0.29) is 70.4 Å². The maximum Gasteiger partial charge on any atom is 0.407 e. The number of nitrogens with zero attached hydrogens (tertiary/aromatic N) is 1. The van der Waals surface area contributed by atoms with Gasteiger partial charge < -0.3 is 34.9 Å². The van der Waals surface area contributed by atoms with Gasteiger partial charge >= 0.3 is 12.1 Å². The van der Waals surface area contributed by atoms with Crippen molar-refractivity contribution in [3.63, 3.8) is 0 Å². The molecule has 0 spiro atoms. The van der Waals surface area contributed by atoms with Gasteiger partial charge in [-0.3, -0.25) is 9.59 Å². The van der Waals surface area contributed by atoms with Crippen LogP contribution in [-0.4, -0.2) is 72.3 Å². The second-order valence-electron chi connectivity index (χ2n) is 15.8. The van der Waals surface area contributed by atoms with Crippen LogP contribution in [0.15, 0.2) is 159 Å². The van der Waals surface area contributed by atoms with Crippen molar-refractivity contribution in [2.45, 2.75) is 63.3 Å². The summed E-state index contributed by atoms with van der Waals surface area (Å²) >= 11 is 0. The van der Waals surface area contributed by atoms with Crippen molar-refractivity contribution in [3.8, 4) is 16.9 Å². The second-order valence-corrected chi connectivity index (χ2v) is 15.8. The highest BCUT2D eigenvalue weighted by atomic mass is 16.6. The predicted molar refractivity (Wildman–Crippen MR) is 247 cm³/mol. The Kier molecular flexibility index (Phi) is 17.5. The van der Waals surface area contributed by atoms with Crippen LogP contribution < -0.4 is 15.4 Å². The van der Waals surface area contributed by atoms with Crippen molar-refractivity contribution in [2.75, 3.05) is 26.4 Å². The topological polar surface area (TPSA) is 144 Å². The molecule has 0 fully saturated rings. The molecule has 3 amide bonds. The van der Waals surface area contributed by atoms with Crippen LogP contribution in [0.5, 0.6) is 5.75 Å². The zero-order chi connectivity index (χ0) is 45.1. The highest BCUT2D eigenvalue weighted by molar-refractivity contribution is 5.86. The van der Waals surface area contributed by atoms with Crippen molar-refractivity contribution in [1.82, 2.24) is 15.5 Å². The second kappa shape index (κ2) is 24.0. The normalized spacial score (nSPS) is 13.0. The number of allylic oxidation sites excluding steroid dienone is 2. The van der Waals surface area contributed by atoms with Gasteiger partial charge in [-0.25, -0.2) is 9.59 Å². The van der Waals surface area contributed by atoms with Crippen LogP contribution in [0.1, 0.15) is 59.4 Å². The first-order chi connectivity index (χ1) is 31.3. The van der Waals surface area contributed by atoms with E-state index in [9.17, 15) is 24.3 Å². The highest BCUT2D eigenvalue weighted by Gasteiger charge is 2.31. The van der Waals surface area contributed by atoms with Crippen molar-refractivity contribution in [3.05, 3.63) is 187 Å². The number of carbonyl (C=O) groups excluding carboxylic acids is 4. The molecule has 0 saturated carbocycles. The molecular formula is C53H57N3O8. The SMILES string of the molecule is C=CCC[C@H](NC(=O)OCC1c2ccccc2-c2ccccc21)C(=O)OC[C@H](Cc1ccc(OCc2ccccc2)cc1)NC(=O)[C@H](CC=C)CC(=O)N(CCO)Cc1ccccc1. The van der Waals surface area contributed by atoms with Crippen LogP contribution in [0.3, 0.4) is 0 Å². The molecule has 0 aromatic heterocycles. The molecule has 11 heteroatoms. The van der Waals surface area contributed by atoms with Crippen LogP contribution >= 0.6 is 0 Å². The number of ether oxygens (including phenoxy) is 3. The number of amides is 3. The van der Waals surface area contributed by atoms with Crippen molar-refractivity contribution >= 4 is 23.9 Å². The molecule has 64 heavy (non-hydrogen) atoms. The van der Waals surface area contributed by atoms with Gasteiger partial charge in [0.05, 0.1) is 18.6 Å². The molecule has 332 valence electrons. The zero-order valence-electron chi connectivity index (χ0n) is 36.1. The van der Waals surface area contributed by atoms with E-state index in [2.05, 4.69) is 35.9 Å². The average molecular weight is 864 g/mol. The lowest BCUT2D eigenvalue weighted by Crippen LogP contribution is -2.47. The third-order valence-corrected chi connectivity index (χ3v) is 11.2. The monoisotopic (exact) mass is 863 g/mol. The average Bonchev–Trinajstić information content (AvgIpc) is 3.64. The van der Waals surface area contributed by atoms with Gasteiger partial charge in [-0.15, -0.1) is 13.2 Å². The fraction of sp³-hybridized carbons (Fsp3) is 0.283. The molecular weight excluding hydrogens is 807 g/mol. The first kappa shape index (κ1) is 46.5. The van der Waals surface area contributed by atoms with Gasteiger partial charge in [-0.05, 0) is 76.8 Å². The molecule has 0 bridgehead atoms. The Bertz CT molecular complexity index is 2270. The predicted octanol–water partition coefficient (Wildman–Crippen LogP) is 8.31. The van der Waals surface area contributed by atoms with Gasteiger partial charge in [0, 0.05) is 25.4 Å². The van der Waals surface area contributed by atoms with Gasteiger partial charge in [-0.1, -0.05) is 133 Å². The molecule has 0 heterocycles. The number of fused-ring (bicyclic) bond motifs is 3. The first-order valence-electron chi connectivity index (χ1n) is 21.7. The number of benzene rings is 5. The minimum absolute atomic E-state index is 0.0751. The molecule has 0 saturated heterocycles. The van der Waals surface area contributed by atoms with Crippen LogP contribution in [0.2, 0.25) is 0 Å². The molecule has 0 unspecified atom stereocenters. The standard InChI is InChI=1S/C53H57N3O8/c1-3-5-25-49(55-53(61)64-37-48-46-23-14-12-21-44(46)45-22-13-15-24-47(45)48)52(60)63-36-42(32-38-26-28-43(29-27-38)62-35-40-19-10-7-11-20-40)54-51(59)41(16-4-2)33-50(58)56(30-31-57)34-39-17-8-6-9-18-39/h3-4,6-15,17-24,26-29,41-42,48-49,57H,1-2,5,16,25,30-37H2,(H,54,59)(H,55,61)/t41-,42+,49+/m1/s1. The zero-order valence-corrected chi connectivity index (χ0v) is 36.1. The Hall–Kier alpha value is -6.98. The Balaban J connectivity index is 1.12. The fourth-order valence-corrected chi connectivity index (χ4v) is 7.86. The summed E-state index contributed by atoms with van der Waals surface area (Å²) in [6.45, 7) is 8.02. The Morgan fingerprint density at radius 3 is 1.97 bits per heavy atom. The number of hydrogen-bond donors (Lipinski definition) is 3. The van der Waals surface area contributed by atoms with Crippen molar-refractivity contribution < 1.29 is 38.5 Å². The summed E-state index contributed by atoms with van der Waals surface area (Å²) in [5.74, 6) is -1.69. The molecule has 6 rings (SSSR count). The smallest absolute Gasteiger partial charge is 0.407 e. The van der Waals surface area contributed by atoms with E-state index < -0.39 is 36.0 Å². The van der Waals surface area contributed by atoms with Crippen molar-refractivity contribution in [1.29, 1.82) is 0 Å². The van der Waals surface area contributed by atoms with E-state index in [1.54, 1.807) is 12.2 Å². The molecule has 1 aliphatic rings. The van der Waals surface area contributed by atoms with Gasteiger partial charge in [-0.2, -0.15) is 0 Å². The number of nitrogens with one attached hydrogen (secondary N) is 2. The molecule has 5 aromatic rings. The summed E-state index contributed by atoms with van der Waals surface area (Å²) in [4.78, 5) is 56.3. The van der Waals surface area contributed by atoms with Gasteiger partial charge in [0.1, 0.15) is 31.6 Å². The summed E-state index contributed by atoms with van der Waals surface area (Å²) in [5.41, 5.74) is 7.09. The summed E-state index contributed by atoms with van der Waals surface area (Å²) < 4.78 is 17.6. The molecule has 0 radical (unpaired) electrons. The van der Waals surface area contributed by atoms with Crippen LogP contribution in [-0.2, 0) is 43.4 Å². The lowest BCUT2D eigenvalue weighted by Gasteiger charge is -2.26. The van der Waals surface area contributed by atoms with Crippen LogP contribution in [0.4, 0.5) is 4.79 Å². The summed E-state index contributed by atoms with van der Waals surface area (Å²) in [7, 11) is 0. The number of alkyl carbamates (subject to hydrolysis) is 1. The van der Waals surface area contributed by atoms with Gasteiger partial charge in [0.25, 0.3) is 0 Å². The molecule has 3 atom stereocenters. The lowest BCUT2D eigenvalue weighted by atomic mass is 9.97. The van der Waals surface area contributed by atoms with Crippen molar-refractivity contribution in [2.24, 2.45) is 5.92 Å². The first-order valence-corrected chi connectivity index (χ1v) is 21.7. The number of aliphatic hydroxyl groups is 1. The third-order valence-electron chi connectivity index (χ3n) is 11.2. The van der Waals surface area contributed by atoms with E-state index in [1.807, 2.05) is 121 Å². The number of aliphatic hydroxyl groups excluding tert-OH is 1. The quantitative estimate of drug-likeness (QED) is 0.0416. The highest BCUT2D eigenvalue weighted by Crippen LogP contribution is 2.44. The maximum absolute atomic E-state index is 14.1. The van der Waals surface area contributed by atoms with Gasteiger partial charge in [0.2, 0.25) is 11.8 Å². The van der Waals surface area contributed by atoms with Gasteiger partial charge in [0.15, 0.2) is 0 Å². The number of hydrogen-bond acceptors (Lipinski definition) is 8. The van der Waals surface area contributed by atoms with E-state index in [4.69, 9.17) is 14.2 Å². The number of rotatable bonds is 24. The number of esters is 1. The molecule has 11 nitrogen and oxygen atoms in total. The van der Waals surface area contributed by atoms with E-state index in [1.165, 1.54) is 4.90 Å². The molecule has 1 aliphatic carbocycles. The van der Waals surface area contributed by atoms with Crippen LogP contribution in [0, 0.1) is 5.92 Å². The third kappa shape index (κ3) is 13.3. The molecule has 3 N–H and O–H groups in total. The maximum atomic E-state index is 14.1. The fourth-order valence-electron chi connectivity index (χ4n) is 7.86. The Morgan fingerprint density at radius 2 is 1.34 bits per heavy atom. The van der Waals surface area contributed by atoms with E-state index in [0.29, 0.717) is 18.8 Å². The summed E-state index contributed by atoms with van der Waals surface area (Å²) in [5, 5.41) is 15.5. The summed E-state index contributed by atoms with van der Waals surface area (Å²) in [6, 6.07) is 41.0. The Morgan fingerprint density at radius 1 is 0.719 bits per heavy atom. The largest absolute Gasteiger partial charge is 0.489 e. The lowest BCUT2D eigenvalue weighted by molar-refractivity contribution is -0.147.